The van der Waals surface area contributed by atoms with Gasteiger partial charge in [-0.15, -0.1) is 0 Å². The summed E-state index contributed by atoms with van der Waals surface area (Å²) in [5.74, 6) is 0. The molecule has 0 saturated carbocycles. The van der Waals surface area contributed by atoms with Gasteiger partial charge in [0, 0.05) is 22.7 Å². The number of benzene rings is 7. The molecular formula is C58H68N2. The van der Waals surface area contributed by atoms with Crippen molar-refractivity contribution >= 4 is 55.7 Å². The second-order valence-corrected chi connectivity index (χ2v) is 17.8. The summed E-state index contributed by atoms with van der Waals surface area (Å²) < 4.78 is 0. The zero-order chi connectivity index (χ0) is 42.5. The fourth-order valence-electron chi connectivity index (χ4n) is 9.64. The van der Waals surface area contributed by atoms with E-state index in [4.69, 9.17) is 0 Å². The van der Waals surface area contributed by atoms with Gasteiger partial charge in [-0.05, 0) is 196 Å². The van der Waals surface area contributed by atoms with Crippen molar-refractivity contribution in [2.24, 2.45) is 0 Å². The fraction of sp³-hybridized carbons (Fsp3) is 0.345. The molecule has 0 saturated heterocycles. The van der Waals surface area contributed by atoms with Crippen molar-refractivity contribution in [3.63, 3.8) is 0 Å². The number of nitrogens with zero attached hydrogens (tertiary/aromatic N) is 2. The van der Waals surface area contributed by atoms with Gasteiger partial charge in [0.25, 0.3) is 0 Å². The SMILES string of the molecule is CCCCCCc1cc(C)c(N(c2ccc(C)cc2)c2ccc3c(c2)c(C)c(C)c2cc(N(c4ccc(C)cc4)c4c(C)cc(CCCCCC)cc4C)ccc23)c(C)c1. The lowest BCUT2D eigenvalue weighted by molar-refractivity contribution is 0.666. The minimum atomic E-state index is 1.14. The number of unbranched alkanes of at least 4 members (excludes halogenated alkanes) is 6. The third-order valence-electron chi connectivity index (χ3n) is 13.0. The molecule has 0 N–H and O–H groups in total. The molecule has 0 bridgehead atoms. The molecule has 7 aromatic carbocycles. The number of fused-ring (bicyclic) bond motifs is 3. The third-order valence-corrected chi connectivity index (χ3v) is 13.0. The smallest absolute Gasteiger partial charge is 0.0520 e. The van der Waals surface area contributed by atoms with Gasteiger partial charge in [0.15, 0.2) is 0 Å². The molecule has 0 aliphatic rings. The van der Waals surface area contributed by atoms with Crippen molar-refractivity contribution in [3.8, 4) is 0 Å². The summed E-state index contributed by atoms with van der Waals surface area (Å²) in [6.07, 6.45) is 12.6. The van der Waals surface area contributed by atoms with E-state index in [0.717, 1.165) is 12.8 Å². The fourth-order valence-corrected chi connectivity index (χ4v) is 9.64. The molecule has 0 aliphatic heterocycles. The van der Waals surface area contributed by atoms with Crippen LogP contribution in [0, 0.1) is 55.4 Å². The highest BCUT2D eigenvalue weighted by Gasteiger charge is 2.22. The Morgan fingerprint density at radius 3 is 1.00 bits per heavy atom. The summed E-state index contributed by atoms with van der Waals surface area (Å²) in [5, 5.41) is 5.21. The van der Waals surface area contributed by atoms with Gasteiger partial charge in [-0.3, -0.25) is 0 Å². The Kier molecular flexibility index (Phi) is 13.5. The average molecular weight is 793 g/mol. The summed E-state index contributed by atoms with van der Waals surface area (Å²) in [7, 11) is 0. The molecule has 310 valence electrons. The predicted octanol–water partition coefficient (Wildman–Crippen LogP) is 17.6. The molecule has 0 radical (unpaired) electrons. The largest absolute Gasteiger partial charge is 0.310 e. The molecule has 0 aliphatic carbocycles. The van der Waals surface area contributed by atoms with Gasteiger partial charge in [0.1, 0.15) is 0 Å². The van der Waals surface area contributed by atoms with Crippen molar-refractivity contribution in [1.29, 1.82) is 0 Å². The molecule has 0 aromatic heterocycles. The zero-order valence-corrected chi connectivity index (χ0v) is 38.4. The highest BCUT2D eigenvalue weighted by molar-refractivity contribution is 6.12. The standard InChI is InChI=1S/C58H68N2/c1-11-13-15-17-19-47-33-41(5)57(42(6)34-47)59(49-25-21-39(3)22-26-49)51-29-31-53-54-32-30-52(38-56(54)46(10)45(9)55(53)37-51)60(50-27-23-40(4)24-28-50)58-43(7)35-48(36-44(58)8)20-18-16-14-12-2/h21-38H,11-20H2,1-10H3. The summed E-state index contributed by atoms with van der Waals surface area (Å²) in [5.41, 5.74) is 20.7. The first kappa shape index (κ1) is 42.8. The minimum Gasteiger partial charge on any atom is -0.310 e. The molecular weight excluding hydrogens is 725 g/mol. The molecule has 7 aromatic rings. The molecule has 0 unspecified atom stereocenters. The molecule has 0 fully saturated rings. The van der Waals surface area contributed by atoms with E-state index in [1.807, 2.05) is 0 Å². The maximum absolute atomic E-state index is 2.49. The van der Waals surface area contributed by atoms with Crippen molar-refractivity contribution in [1.82, 2.24) is 0 Å². The first-order valence-corrected chi connectivity index (χ1v) is 22.9. The maximum atomic E-state index is 2.49. The van der Waals surface area contributed by atoms with E-state index in [9.17, 15) is 0 Å². The Balaban J connectivity index is 1.33. The van der Waals surface area contributed by atoms with Gasteiger partial charge >= 0.3 is 0 Å². The van der Waals surface area contributed by atoms with Gasteiger partial charge in [-0.25, -0.2) is 0 Å². The van der Waals surface area contributed by atoms with Crippen molar-refractivity contribution in [2.45, 2.75) is 133 Å². The lowest BCUT2D eigenvalue weighted by Crippen LogP contribution is -2.14. The minimum absolute atomic E-state index is 1.14. The van der Waals surface area contributed by atoms with Crippen LogP contribution in [0.25, 0.3) is 21.5 Å². The van der Waals surface area contributed by atoms with Crippen LogP contribution in [0.2, 0.25) is 0 Å². The maximum Gasteiger partial charge on any atom is 0.0520 e. The molecule has 60 heavy (non-hydrogen) atoms. The van der Waals surface area contributed by atoms with Crippen molar-refractivity contribution in [3.05, 3.63) is 165 Å². The second-order valence-electron chi connectivity index (χ2n) is 17.8. The Morgan fingerprint density at radius 2 is 0.667 bits per heavy atom. The third kappa shape index (κ3) is 9.04. The normalized spacial score (nSPS) is 11.5. The molecule has 7 rings (SSSR count). The number of aryl methyl sites for hydroxylation is 10. The highest BCUT2D eigenvalue weighted by atomic mass is 15.2. The van der Waals surface area contributed by atoms with E-state index in [1.54, 1.807) is 0 Å². The predicted molar refractivity (Wildman–Crippen MR) is 264 cm³/mol. The molecule has 2 heteroatoms. The summed E-state index contributed by atoms with van der Waals surface area (Å²) in [6, 6.07) is 42.1. The Labute approximate surface area is 362 Å². The van der Waals surface area contributed by atoms with Gasteiger partial charge in [0.2, 0.25) is 0 Å². The number of hydrogen-bond acceptors (Lipinski definition) is 2. The number of anilines is 6. The number of rotatable bonds is 16. The van der Waals surface area contributed by atoms with E-state index in [2.05, 4.69) is 188 Å². The van der Waals surface area contributed by atoms with Gasteiger partial charge in [-0.1, -0.05) is 124 Å². The molecule has 0 amide bonds. The van der Waals surface area contributed by atoms with Crippen LogP contribution < -0.4 is 9.80 Å². The van der Waals surface area contributed by atoms with E-state index in [-0.39, 0.29) is 0 Å². The van der Waals surface area contributed by atoms with Crippen LogP contribution in [-0.2, 0) is 12.8 Å². The van der Waals surface area contributed by atoms with E-state index in [0.29, 0.717) is 0 Å². The van der Waals surface area contributed by atoms with E-state index in [1.165, 1.54) is 163 Å². The van der Waals surface area contributed by atoms with Crippen LogP contribution in [0.3, 0.4) is 0 Å². The topological polar surface area (TPSA) is 6.48 Å². The molecule has 0 heterocycles. The van der Waals surface area contributed by atoms with Crippen molar-refractivity contribution in [2.75, 3.05) is 9.80 Å². The van der Waals surface area contributed by atoms with Gasteiger partial charge in [-0.2, -0.15) is 0 Å². The van der Waals surface area contributed by atoms with E-state index < -0.39 is 0 Å². The molecule has 0 atom stereocenters. The van der Waals surface area contributed by atoms with Crippen LogP contribution in [0.15, 0.2) is 109 Å². The quantitative estimate of drug-likeness (QED) is 0.0710. The Hall–Kier alpha value is -5.34. The van der Waals surface area contributed by atoms with Crippen LogP contribution in [0.5, 0.6) is 0 Å². The highest BCUT2D eigenvalue weighted by Crippen LogP contribution is 2.45. The Morgan fingerprint density at radius 1 is 0.333 bits per heavy atom. The average Bonchev–Trinajstić information content (AvgIpc) is 3.23. The molecule has 0 spiro atoms. The van der Waals surface area contributed by atoms with Gasteiger partial charge < -0.3 is 9.80 Å². The second kappa shape index (κ2) is 18.9. The summed E-state index contributed by atoms with van der Waals surface area (Å²) >= 11 is 0. The zero-order valence-electron chi connectivity index (χ0n) is 38.4. The van der Waals surface area contributed by atoms with Crippen LogP contribution in [-0.4, -0.2) is 0 Å². The lowest BCUT2D eigenvalue weighted by Gasteiger charge is -2.30. The van der Waals surface area contributed by atoms with E-state index >= 15 is 0 Å². The first-order chi connectivity index (χ1) is 29.0. The summed E-state index contributed by atoms with van der Waals surface area (Å²) in [4.78, 5) is 4.99. The van der Waals surface area contributed by atoms with Gasteiger partial charge in [0.05, 0.1) is 11.4 Å². The summed E-state index contributed by atoms with van der Waals surface area (Å²) in [6.45, 7) is 22.7. The first-order valence-electron chi connectivity index (χ1n) is 22.9. The monoisotopic (exact) mass is 793 g/mol. The Bertz CT molecular complexity index is 2360. The lowest BCUT2D eigenvalue weighted by atomic mass is 9.91. The van der Waals surface area contributed by atoms with Crippen LogP contribution in [0.1, 0.15) is 121 Å². The molecule has 2 nitrogen and oxygen atoms in total. The number of hydrogen-bond donors (Lipinski definition) is 0. The van der Waals surface area contributed by atoms with Crippen LogP contribution in [0.4, 0.5) is 34.1 Å². The van der Waals surface area contributed by atoms with Crippen LogP contribution >= 0.6 is 0 Å². The van der Waals surface area contributed by atoms with Crippen molar-refractivity contribution < 1.29 is 0 Å².